The summed E-state index contributed by atoms with van der Waals surface area (Å²) in [6, 6.07) is 0. The number of esters is 1. The monoisotopic (exact) mass is 257 g/mol. The number of carbonyl (C=O) groups is 2. The van der Waals surface area contributed by atoms with Gasteiger partial charge >= 0.3 is 5.97 Å². The summed E-state index contributed by atoms with van der Waals surface area (Å²) in [6.07, 6.45) is 1.24. The molecule has 0 bridgehead atoms. The van der Waals surface area contributed by atoms with Gasteiger partial charge in [0.15, 0.2) is 0 Å². The molecule has 0 N–H and O–H groups in total. The highest BCUT2D eigenvalue weighted by Gasteiger charge is 2.18. The number of carbonyl (C=O) groups excluding carboxylic acids is 2. The maximum atomic E-state index is 12.0. The lowest BCUT2D eigenvalue weighted by atomic mass is 10.1. The first-order valence-corrected chi connectivity index (χ1v) is 6.82. The molecule has 0 aliphatic heterocycles. The van der Waals surface area contributed by atoms with Crippen LogP contribution in [0.25, 0.3) is 0 Å². The Balaban J connectivity index is 4.29. The molecule has 0 aromatic rings. The fourth-order valence-electron chi connectivity index (χ4n) is 1.57. The Kier molecular flexibility index (Phi) is 8.42. The molecule has 0 saturated heterocycles. The van der Waals surface area contributed by atoms with Crippen molar-refractivity contribution < 1.29 is 14.3 Å². The van der Waals surface area contributed by atoms with E-state index >= 15 is 0 Å². The molecule has 0 aliphatic rings. The lowest BCUT2D eigenvalue weighted by Gasteiger charge is -2.25. The molecule has 0 rings (SSSR count). The molecule has 106 valence electrons. The van der Waals surface area contributed by atoms with Crippen LogP contribution in [0, 0.1) is 11.8 Å². The Labute approximate surface area is 111 Å². The third-order valence-electron chi connectivity index (χ3n) is 2.67. The van der Waals surface area contributed by atoms with Gasteiger partial charge in [0.25, 0.3) is 0 Å². The summed E-state index contributed by atoms with van der Waals surface area (Å²) in [5, 5.41) is 0. The van der Waals surface area contributed by atoms with Gasteiger partial charge in [0, 0.05) is 19.0 Å². The first-order chi connectivity index (χ1) is 8.38. The average molecular weight is 257 g/mol. The highest BCUT2D eigenvalue weighted by atomic mass is 16.5. The molecule has 0 saturated carbocycles. The highest BCUT2D eigenvalue weighted by Crippen LogP contribution is 2.08. The molecule has 18 heavy (non-hydrogen) atoms. The largest absolute Gasteiger partial charge is 0.466 e. The van der Waals surface area contributed by atoms with Gasteiger partial charge < -0.3 is 9.64 Å². The smallest absolute Gasteiger partial charge is 0.307 e. The Morgan fingerprint density at radius 3 is 2.17 bits per heavy atom. The van der Waals surface area contributed by atoms with Crippen molar-refractivity contribution in [3.8, 4) is 0 Å². The van der Waals surface area contributed by atoms with Crippen LogP contribution in [0.5, 0.6) is 0 Å². The number of hydrogen-bond acceptors (Lipinski definition) is 3. The minimum absolute atomic E-state index is 0.0284. The maximum Gasteiger partial charge on any atom is 0.307 e. The van der Waals surface area contributed by atoms with Crippen molar-refractivity contribution in [3.05, 3.63) is 0 Å². The second-order valence-electron chi connectivity index (χ2n) is 5.22. The van der Waals surface area contributed by atoms with Crippen molar-refractivity contribution in [1.29, 1.82) is 0 Å². The summed E-state index contributed by atoms with van der Waals surface area (Å²) in [4.78, 5) is 25.1. The van der Waals surface area contributed by atoms with Gasteiger partial charge in [-0.15, -0.1) is 0 Å². The number of amides is 1. The van der Waals surface area contributed by atoms with Gasteiger partial charge in [0.1, 0.15) is 0 Å². The predicted molar refractivity (Wildman–Crippen MR) is 72.1 cm³/mol. The normalized spacial score (nSPS) is 10.8. The van der Waals surface area contributed by atoms with Crippen LogP contribution in [0.2, 0.25) is 0 Å². The Morgan fingerprint density at radius 1 is 1.11 bits per heavy atom. The quantitative estimate of drug-likeness (QED) is 0.628. The molecule has 0 spiro atoms. The topological polar surface area (TPSA) is 46.6 Å². The van der Waals surface area contributed by atoms with Crippen LogP contribution >= 0.6 is 0 Å². The van der Waals surface area contributed by atoms with Crippen molar-refractivity contribution in [3.63, 3.8) is 0 Å². The van der Waals surface area contributed by atoms with E-state index in [2.05, 4.69) is 13.8 Å². The molecular weight excluding hydrogens is 230 g/mol. The van der Waals surface area contributed by atoms with Crippen molar-refractivity contribution >= 4 is 11.9 Å². The van der Waals surface area contributed by atoms with E-state index in [1.165, 1.54) is 0 Å². The van der Waals surface area contributed by atoms with Crippen LogP contribution in [-0.2, 0) is 14.3 Å². The van der Waals surface area contributed by atoms with Crippen molar-refractivity contribution in [2.45, 2.75) is 47.5 Å². The van der Waals surface area contributed by atoms with Crippen molar-refractivity contribution in [1.82, 2.24) is 4.90 Å². The second-order valence-corrected chi connectivity index (χ2v) is 5.22. The molecule has 0 aromatic carbocycles. The van der Waals surface area contributed by atoms with Crippen LogP contribution in [0.3, 0.4) is 0 Å². The van der Waals surface area contributed by atoms with Gasteiger partial charge in [0.05, 0.1) is 13.0 Å². The molecule has 0 unspecified atom stereocenters. The van der Waals surface area contributed by atoms with Crippen LogP contribution < -0.4 is 0 Å². The summed E-state index contributed by atoms with van der Waals surface area (Å²) < 4.78 is 4.88. The number of hydrogen-bond donors (Lipinski definition) is 0. The van der Waals surface area contributed by atoms with Gasteiger partial charge in [-0.2, -0.15) is 0 Å². The van der Waals surface area contributed by atoms with E-state index in [0.717, 1.165) is 6.42 Å². The molecule has 1 amide bonds. The maximum absolute atomic E-state index is 12.0. The number of rotatable bonds is 8. The molecular formula is C14H27NO3. The minimum atomic E-state index is -0.233. The first-order valence-electron chi connectivity index (χ1n) is 6.82. The third-order valence-corrected chi connectivity index (χ3v) is 2.67. The fourth-order valence-corrected chi connectivity index (χ4v) is 1.57. The van der Waals surface area contributed by atoms with E-state index in [4.69, 9.17) is 4.74 Å². The van der Waals surface area contributed by atoms with E-state index in [1.807, 2.05) is 13.8 Å². The molecule has 0 fully saturated rings. The SMILES string of the molecule is CCOC(=O)CCN(CCC(C)C)C(=O)C(C)C. The summed E-state index contributed by atoms with van der Waals surface area (Å²) in [6.45, 7) is 11.4. The molecule has 0 heterocycles. The van der Waals surface area contributed by atoms with E-state index in [-0.39, 0.29) is 24.2 Å². The zero-order chi connectivity index (χ0) is 14.1. The van der Waals surface area contributed by atoms with Gasteiger partial charge in [-0.05, 0) is 19.3 Å². The molecule has 0 radical (unpaired) electrons. The zero-order valence-electron chi connectivity index (χ0n) is 12.4. The van der Waals surface area contributed by atoms with E-state index < -0.39 is 0 Å². The van der Waals surface area contributed by atoms with Gasteiger partial charge in [-0.25, -0.2) is 0 Å². The van der Waals surface area contributed by atoms with E-state index in [1.54, 1.807) is 11.8 Å². The van der Waals surface area contributed by atoms with Gasteiger partial charge in [0.2, 0.25) is 5.91 Å². The van der Waals surface area contributed by atoms with E-state index in [0.29, 0.717) is 25.6 Å². The first kappa shape index (κ1) is 16.9. The Morgan fingerprint density at radius 2 is 1.72 bits per heavy atom. The van der Waals surface area contributed by atoms with Gasteiger partial charge in [-0.1, -0.05) is 27.7 Å². The van der Waals surface area contributed by atoms with Crippen molar-refractivity contribution in [2.24, 2.45) is 11.8 Å². The van der Waals surface area contributed by atoms with Crippen LogP contribution in [0.4, 0.5) is 0 Å². The van der Waals surface area contributed by atoms with Crippen molar-refractivity contribution in [2.75, 3.05) is 19.7 Å². The lowest BCUT2D eigenvalue weighted by Crippen LogP contribution is -2.37. The summed E-state index contributed by atoms with van der Waals surface area (Å²) in [5.74, 6) is 0.401. The van der Waals surface area contributed by atoms with E-state index in [9.17, 15) is 9.59 Å². The van der Waals surface area contributed by atoms with Crippen LogP contribution in [0.15, 0.2) is 0 Å². The standard InChI is InChI=1S/C14H27NO3/c1-6-18-13(16)8-10-15(9-7-11(2)3)14(17)12(4)5/h11-12H,6-10H2,1-5H3. The highest BCUT2D eigenvalue weighted by molar-refractivity contribution is 5.79. The lowest BCUT2D eigenvalue weighted by molar-refractivity contribution is -0.144. The predicted octanol–water partition coefficient (Wildman–Crippen LogP) is 2.47. The number of ether oxygens (including phenoxy) is 1. The van der Waals surface area contributed by atoms with Gasteiger partial charge in [-0.3, -0.25) is 9.59 Å². The fraction of sp³-hybridized carbons (Fsp3) is 0.857. The number of nitrogens with zero attached hydrogens (tertiary/aromatic N) is 1. The second kappa shape index (κ2) is 8.95. The average Bonchev–Trinajstić information content (AvgIpc) is 2.28. The Hall–Kier alpha value is -1.06. The summed E-state index contributed by atoms with van der Waals surface area (Å²) in [7, 11) is 0. The molecule has 0 aliphatic carbocycles. The molecule has 0 aromatic heterocycles. The molecule has 4 nitrogen and oxygen atoms in total. The Bertz CT molecular complexity index is 262. The molecule has 0 atom stereocenters. The minimum Gasteiger partial charge on any atom is -0.466 e. The summed E-state index contributed by atoms with van der Waals surface area (Å²) in [5.41, 5.74) is 0. The van der Waals surface area contributed by atoms with Crippen LogP contribution in [0.1, 0.15) is 47.5 Å². The zero-order valence-corrected chi connectivity index (χ0v) is 12.4. The molecule has 4 heteroatoms. The summed E-state index contributed by atoms with van der Waals surface area (Å²) >= 11 is 0. The van der Waals surface area contributed by atoms with Crippen LogP contribution in [-0.4, -0.2) is 36.5 Å². The third kappa shape index (κ3) is 7.30.